The third kappa shape index (κ3) is 4.55. The Kier molecular flexibility index (Phi) is 5.73. The summed E-state index contributed by atoms with van der Waals surface area (Å²) < 4.78 is 0. The molecule has 1 aliphatic heterocycles. The van der Waals surface area contributed by atoms with Gasteiger partial charge in [0.15, 0.2) is 0 Å². The van der Waals surface area contributed by atoms with Crippen molar-refractivity contribution in [1.29, 1.82) is 0 Å². The monoisotopic (exact) mass is 286 g/mol. The Morgan fingerprint density at radius 1 is 1.43 bits per heavy atom. The number of likely N-dealkylation sites (tertiary alicyclic amines) is 1. The zero-order chi connectivity index (χ0) is 15.1. The minimum atomic E-state index is -0.0486. The van der Waals surface area contributed by atoms with E-state index in [-0.39, 0.29) is 5.91 Å². The zero-order valence-electron chi connectivity index (χ0n) is 12.5. The number of carbonyl (C=O) groups is 1. The SMILES string of the molecule is CN(CCN1CCCC1)C(=O)c1ccc(C#CCN)cn1. The number of hydrogen-bond donors (Lipinski definition) is 1. The molecule has 21 heavy (non-hydrogen) atoms. The van der Waals surface area contributed by atoms with Crippen molar-refractivity contribution in [2.24, 2.45) is 5.73 Å². The van der Waals surface area contributed by atoms with Crippen molar-refractivity contribution >= 4 is 5.91 Å². The van der Waals surface area contributed by atoms with Crippen LogP contribution in [0.3, 0.4) is 0 Å². The smallest absolute Gasteiger partial charge is 0.272 e. The summed E-state index contributed by atoms with van der Waals surface area (Å²) in [5, 5.41) is 0. The molecule has 5 heteroatoms. The molecule has 1 amide bonds. The van der Waals surface area contributed by atoms with Crippen LogP contribution in [0.1, 0.15) is 28.9 Å². The molecular formula is C16H22N4O. The minimum Gasteiger partial charge on any atom is -0.339 e. The summed E-state index contributed by atoms with van der Waals surface area (Å²) in [6.45, 7) is 4.28. The second-order valence-corrected chi connectivity index (χ2v) is 5.21. The fourth-order valence-corrected chi connectivity index (χ4v) is 2.34. The summed E-state index contributed by atoms with van der Waals surface area (Å²) >= 11 is 0. The number of amides is 1. The summed E-state index contributed by atoms with van der Waals surface area (Å²) in [4.78, 5) is 20.6. The molecule has 2 heterocycles. The fraction of sp³-hybridized carbons (Fsp3) is 0.500. The van der Waals surface area contributed by atoms with Gasteiger partial charge in [-0.2, -0.15) is 0 Å². The molecule has 1 saturated heterocycles. The molecule has 0 saturated carbocycles. The van der Waals surface area contributed by atoms with Gasteiger partial charge in [0.2, 0.25) is 0 Å². The number of carbonyl (C=O) groups excluding carboxylic acids is 1. The maximum atomic E-state index is 12.3. The van der Waals surface area contributed by atoms with Gasteiger partial charge in [-0.1, -0.05) is 11.8 Å². The molecule has 0 atom stereocenters. The zero-order valence-corrected chi connectivity index (χ0v) is 12.5. The van der Waals surface area contributed by atoms with E-state index in [1.807, 2.05) is 7.05 Å². The lowest BCUT2D eigenvalue weighted by molar-refractivity contribution is 0.0776. The maximum Gasteiger partial charge on any atom is 0.272 e. The van der Waals surface area contributed by atoms with Gasteiger partial charge in [-0.25, -0.2) is 4.98 Å². The molecule has 0 radical (unpaired) electrons. The molecule has 0 spiro atoms. The number of hydrogen-bond acceptors (Lipinski definition) is 4. The van der Waals surface area contributed by atoms with Crippen LogP contribution in [0.5, 0.6) is 0 Å². The Labute approximate surface area is 126 Å². The Morgan fingerprint density at radius 3 is 2.81 bits per heavy atom. The third-order valence-corrected chi connectivity index (χ3v) is 3.61. The van der Waals surface area contributed by atoms with Crippen LogP contribution in [0.2, 0.25) is 0 Å². The highest BCUT2D eigenvalue weighted by molar-refractivity contribution is 5.92. The summed E-state index contributed by atoms with van der Waals surface area (Å²) in [6.07, 6.45) is 4.15. The molecule has 112 valence electrons. The number of likely N-dealkylation sites (N-methyl/N-ethyl adjacent to an activating group) is 1. The number of nitrogens with zero attached hydrogens (tertiary/aromatic N) is 3. The molecule has 0 aromatic carbocycles. The van der Waals surface area contributed by atoms with Crippen molar-refractivity contribution < 1.29 is 4.79 Å². The molecule has 5 nitrogen and oxygen atoms in total. The van der Waals surface area contributed by atoms with Crippen molar-refractivity contribution in [3.05, 3.63) is 29.6 Å². The second kappa shape index (κ2) is 7.77. The van der Waals surface area contributed by atoms with Gasteiger partial charge in [0, 0.05) is 31.9 Å². The van der Waals surface area contributed by atoms with Crippen molar-refractivity contribution in [2.45, 2.75) is 12.8 Å². The molecule has 2 N–H and O–H groups in total. The molecule has 0 unspecified atom stereocenters. The summed E-state index contributed by atoms with van der Waals surface area (Å²) in [7, 11) is 1.82. The topological polar surface area (TPSA) is 62.5 Å². The first-order valence-corrected chi connectivity index (χ1v) is 7.33. The quantitative estimate of drug-likeness (QED) is 0.822. The Bertz CT molecular complexity index is 523. The second-order valence-electron chi connectivity index (χ2n) is 5.21. The van der Waals surface area contributed by atoms with Gasteiger partial charge in [0.25, 0.3) is 5.91 Å². The van der Waals surface area contributed by atoms with Crippen molar-refractivity contribution in [2.75, 3.05) is 39.8 Å². The molecule has 1 aliphatic rings. The minimum absolute atomic E-state index is 0.0486. The normalized spacial score (nSPS) is 14.6. The van der Waals surface area contributed by atoms with Gasteiger partial charge >= 0.3 is 0 Å². The van der Waals surface area contributed by atoms with E-state index in [2.05, 4.69) is 21.7 Å². The highest BCUT2D eigenvalue weighted by atomic mass is 16.2. The first kappa shape index (κ1) is 15.5. The van der Waals surface area contributed by atoms with Crippen LogP contribution in [0.4, 0.5) is 0 Å². The molecule has 1 aromatic rings. The molecule has 0 bridgehead atoms. The third-order valence-electron chi connectivity index (χ3n) is 3.61. The van der Waals surface area contributed by atoms with Gasteiger partial charge < -0.3 is 15.5 Å². The van der Waals surface area contributed by atoms with Crippen LogP contribution >= 0.6 is 0 Å². The van der Waals surface area contributed by atoms with E-state index in [0.29, 0.717) is 12.2 Å². The van der Waals surface area contributed by atoms with E-state index >= 15 is 0 Å². The number of nitrogens with two attached hydrogens (primary N) is 1. The first-order chi connectivity index (χ1) is 10.2. The number of aromatic nitrogens is 1. The van der Waals surface area contributed by atoms with E-state index in [1.54, 1.807) is 23.2 Å². The first-order valence-electron chi connectivity index (χ1n) is 7.33. The van der Waals surface area contributed by atoms with E-state index in [4.69, 9.17) is 5.73 Å². The maximum absolute atomic E-state index is 12.3. The van der Waals surface area contributed by atoms with Gasteiger partial charge in [-0.15, -0.1) is 0 Å². The Hall–Kier alpha value is -1.90. The predicted molar refractivity (Wildman–Crippen MR) is 82.8 cm³/mol. The molecule has 1 fully saturated rings. The standard InChI is InChI=1S/C16H22N4O/c1-19(11-12-20-9-2-3-10-20)16(21)15-7-6-14(13-18-15)5-4-8-17/h6-7,13H,2-3,8-12,17H2,1H3. The van der Waals surface area contributed by atoms with E-state index in [0.717, 1.165) is 31.7 Å². The van der Waals surface area contributed by atoms with E-state index in [1.165, 1.54) is 12.8 Å². The summed E-state index contributed by atoms with van der Waals surface area (Å²) in [6, 6.07) is 3.52. The average molecular weight is 286 g/mol. The fourth-order valence-electron chi connectivity index (χ4n) is 2.34. The summed E-state index contributed by atoms with van der Waals surface area (Å²) in [5.41, 5.74) is 6.55. The van der Waals surface area contributed by atoms with Gasteiger partial charge in [-0.05, 0) is 38.1 Å². The molecule has 2 rings (SSSR count). The van der Waals surface area contributed by atoms with Crippen LogP contribution in [-0.4, -0.2) is 60.5 Å². The van der Waals surface area contributed by atoms with Gasteiger partial charge in [0.1, 0.15) is 5.69 Å². The number of pyridine rings is 1. The van der Waals surface area contributed by atoms with Gasteiger partial charge in [0.05, 0.1) is 6.54 Å². The van der Waals surface area contributed by atoms with Crippen LogP contribution in [0, 0.1) is 11.8 Å². The lowest BCUT2D eigenvalue weighted by Gasteiger charge is -2.21. The van der Waals surface area contributed by atoms with Crippen LogP contribution in [0.15, 0.2) is 18.3 Å². The van der Waals surface area contributed by atoms with Gasteiger partial charge in [-0.3, -0.25) is 4.79 Å². The lowest BCUT2D eigenvalue weighted by Crippen LogP contribution is -2.35. The van der Waals surface area contributed by atoms with Crippen LogP contribution in [-0.2, 0) is 0 Å². The average Bonchev–Trinajstić information content (AvgIpc) is 3.04. The molecular weight excluding hydrogens is 264 g/mol. The highest BCUT2D eigenvalue weighted by Gasteiger charge is 2.16. The molecule has 0 aliphatic carbocycles. The van der Waals surface area contributed by atoms with Crippen molar-refractivity contribution in [3.8, 4) is 11.8 Å². The van der Waals surface area contributed by atoms with E-state index < -0.39 is 0 Å². The van der Waals surface area contributed by atoms with Crippen LogP contribution < -0.4 is 5.73 Å². The van der Waals surface area contributed by atoms with Crippen LogP contribution in [0.25, 0.3) is 0 Å². The number of rotatable bonds is 4. The Balaban J connectivity index is 1.88. The highest BCUT2D eigenvalue weighted by Crippen LogP contribution is 2.07. The van der Waals surface area contributed by atoms with Crippen molar-refractivity contribution in [3.63, 3.8) is 0 Å². The lowest BCUT2D eigenvalue weighted by atomic mass is 10.2. The summed E-state index contributed by atoms with van der Waals surface area (Å²) in [5.74, 6) is 5.61. The largest absolute Gasteiger partial charge is 0.339 e. The predicted octanol–water partition coefficient (Wildman–Crippen LogP) is 0.560. The molecule has 1 aromatic heterocycles. The van der Waals surface area contributed by atoms with Crippen molar-refractivity contribution in [1.82, 2.24) is 14.8 Å². The Morgan fingerprint density at radius 2 is 2.19 bits per heavy atom. The van der Waals surface area contributed by atoms with E-state index in [9.17, 15) is 4.79 Å².